The molecule has 114 valence electrons. The highest BCUT2D eigenvalue weighted by atomic mass is 16.5. The van der Waals surface area contributed by atoms with Crippen LogP contribution in [0.15, 0.2) is 0 Å². The number of amides is 1. The number of hydrogen-bond acceptors (Lipinski definition) is 4. The van der Waals surface area contributed by atoms with Crippen LogP contribution in [-0.4, -0.2) is 47.7 Å². The molecule has 1 aliphatic carbocycles. The Balaban J connectivity index is 1.59. The van der Waals surface area contributed by atoms with Crippen LogP contribution in [0.25, 0.3) is 0 Å². The van der Waals surface area contributed by atoms with Gasteiger partial charge >= 0.3 is 5.97 Å². The first kappa shape index (κ1) is 15.3. The Morgan fingerprint density at radius 1 is 1.30 bits per heavy atom. The Labute approximate surface area is 120 Å². The fraction of sp³-hybridized carbons (Fsp3) is 0.867. The van der Waals surface area contributed by atoms with E-state index in [0.717, 1.165) is 6.42 Å². The number of esters is 1. The topological polar surface area (TPSA) is 66.8 Å². The number of rotatable bonds is 7. The van der Waals surface area contributed by atoms with Crippen LogP contribution in [0.5, 0.6) is 0 Å². The summed E-state index contributed by atoms with van der Waals surface area (Å²) in [4.78, 5) is 24.9. The molecule has 1 saturated heterocycles. The van der Waals surface area contributed by atoms with Crippen molar-refractivity contribution >= 4 is 11.9 Å². The van der Waals surface area contributed by atoms with Gasteiger partial charge in [0.05, 0.1) is 19.2 Å². The first-order valence-electron chi connectivity index (χ1n) is 7.76. The predicted octanol–water partition coefficient (Wildman–Crippen LogP) is 1.48. The molecule has 0 aromatic heterocycles. The van der Waals surface area contributed by atoms with Crippen molar-refractivity contribution < 1.29 is 19.4 Å². The van der Waals surface area contributed by atoms with E-state index in [1.165, 1.54) is 25.7 Å². The number of aliphatic hydroxyl groups is 1. The zero-order valence-corrected chi connectivity index (χ0v) is 12.1. The number of aliphatic hydroxyl groups excluding tert-OH is 1. The van der Waals surface area contributed by atoms with Crippen LogP contribution in [-0.2, 0) is 14.3 Å². The van der Waals surface area contributed by atoms with E-state index in [1.54, 1.807) is 4.90 Å². The number of carbonyl (C=O) groups excluding carboxylic acids is 2. The van der Waals surface area contributed by atoms with Gasteiger partial charge in [0, 0.05) is 12.8 Å². The zero-order chi connectivity index (χ0) is 14.4. The van der Waals surface area contributed by atoms with E-state index in [9.17, 15) is 9.59 Å². The first-order chi connectivity index (χ1) is 9.70. The number of ether oxygens (including phenoxy) is 1. The molecule has 0 aromatic rings. The molecule has 0 radical (unpaired) electrons. The summed E-state index contributed by atoms with van der Waals surface area (Å²) in [6.45, 7) is 0.631. The third-order valence-electron chi connectivity index (χ3n) is 4.49. The molecule has 0 unspecified atom stereocenters. The lowest BCUT2D eigenvalue weighted by atomic mass is 10.0. The van der Waals surface area contributed by atoms with Crippen LogP contribution in [0.1, 0.15) is 51.4 Å². The standard InChI is InChI=1S/C15H25NO4/c17-11-13-6-7-14(18)16(13)9-10-20-15(19)8-5-12-3-1-2-4-12/h12-13,17H,1-11H2/t13-/m1/s1. The van der Waals surface area contributed by atoms with Crippen molar-refractivity contribution in [3.63, 3.8) is 0 Å². The Kier molecular flexibility index (Phi) is 5.83. The molecule has 2 aliphatic rings. The van der Waals surface area contributed by atoms with Gasteiger partial charge in [0.1, 0.15) is 6.61 Å². The number of carbonyl (C=O) groups is 2. The van der Waals surface area contributed by atoms with E-state index < -0.39 is 0 Å². The van der Waals surface area contributed by atoms with Crippen molar-refractivity contribution in [3.8, 4) is 0 Å². The SMILES string of the molecule is O=C(CCC1CCCC1)OCCN1C(=O)CC[C@@H]1CO. The van der Waals surface area contributed by atoms with Crippen LogP contribution in [0, 0.1) is 5.92 Å². The summed E-state index contributed by atoms with van der Waals surface area (Å²) < 4.78 is 5.19. The molecule has 1 heterocycles. The number of nitrogens with zero attached hydrogens (tertiary/aromatic N) is 1. The molecular formula is C15H25NO4. The van der Waals surface area contributed by atoms with Crippen LogP contribution in [0.3, 0.4) is 0 Å². The molecule has 1 atom stereocenters. The molecule has 5 heteroatoms. The van der Waals surface area contributed by atoms with Gasteiger partial charge in [0.2, 0.25) is 5.91 Å². The average molecular weight is 283 g/mol. The van der Waals surface area contributed by atoms with Crippen molar-refractivity contribution in [1.29, 1.82) is 0 Å². The number of hydrogen-bond donors (Lipinski definition) is 1. The molecule has 1 N–H and O–H groups in total. The van der Waals surface area contributed by atoms with E-state index in [-0.39, 0.29) is 31.1 Å². The molecule has 2 fully saturated rings. The second-order valence-corrected chi connectivity index (χ2v) is 5.87. The summed E-state index contributed by atoms with van der Waals surface area (Å²) >= 11 is 0. The maximum absolute atomic E-state index is 11.6. The lowest BCUT2D eigenvalue weighted by Crippen LogP contribution is -2.38. The Hall–Kier alpha value is -1.10. The van der Waals surface area contributed by atoms with Gasteiger partial charge in [-0.05, 0) is 18.8 Å². The fourth-order valence-electron chi connectivity index (χ4n) is 3.24. The van der Waals surface area contributed by atoms with Crippen LogP contribution in [0.4, 0.5) is 0 Å². The summed E-state index contributed by atoms with van der Waals surface area (Å²) in [6, 6.07) is -0.0975. The van der Waals surface area contributed by atoms with E-state index in [0.29, 0.717) is 31.7 Å². The minimum atomic E-state index is -0.163. The molecular weight excluding hydrogens is 258 g/mol. The maximum atomic E-state index is 11.6. The summed E-state index contributed by atoms with van der Waals surface area (Å²) in [5.41, 5.74) is 0. The average Bonchev–Trinajstić information content (AvgIpc) is 3.07. The third kappa shape index (κ3) is 4.20. The zero-order valence-electron chi connectivity index (χ0n) is 12.1. The lowest BCUT2D eigenvalue weighted by molar-refractivity contribution is -0.146. The Morgan fingerprint density at radius 3 is 2.75 bits per heavy atom. The van der Waals surface area contributed by atoms with Crippen molar-refractivity contribution in [3.05, 3.63) is 0 Å². The monoisotopic (exact) mass is 283 g/mol. The molecule has 0 aromatic carbocycles. The number of likely N-dealkylation sites (tertiary alicyclic amines) is 1. The van der Waals surface area contributed by atoms with Gasteiger partial charge in [-0.1, -0.05) is 25.7 Å². The van der Waals surface area contributed by atoms with Gasteiger partial charge in [-0.25, -0.2) is 0 Å². The Morgan fingerprint density at radius 2 is 2.05 bits per heavy atom. The predicted molar refractivity (Wildman–Crippen MR) is 74.0 cm³/mol. The van der Waals surface area contributed by atoms with Crippen LogP contribution >= 0.6 is 0 Å². The molecule has 5 nitrogen and oxygen atoms in total. The second kappa shape index (κ2) is 7.62. The molecule has 1 saturated carbocycles. The minimum Gasteiger partial charge on any atom is -0.464 e. The van der Waals surface area contributed by atoms with Gasteiger partial charge in [0.15, 0.2) is 0 Å². The van der Waals surface area contributed by atoms with Gasteiger partial charge in [-0.15, -0.1) is 0 Å². The summed E-state index contributed by atoms with van der Waals surface area (Å²) in [5.74, 6) is 0.580. The van der Waals surface area contributed by atoms with E-state index in [4.69, 9.17) is 9.84 Å². The first-order valence-corrected chi connectivity index (χ1v) is 7.76. The molecule has 20 heavy (non-hydrogen) atoms. The fourth-order valence-corrected chi connectivity index (χ4v) is 3.24. The van der Waals surface area contributed by atoms with Gasteiger partial charge < -0.3 is 14.7 Å². The smallest absolute Gasteiger partial charge is 0.305 e. The van der Waals surface area contributed by atoms with Crippen molar-refractivity contribution in [2.75, 3.05) is 19.8 Å². The molecule has 1 aliphatic heterocycles. The van der Waals surface area contributed by atoms with E-state index >= 15 is 0 Å². The summed E-state index contributed by atoms with van der Waals surface area (Å²) in [6.07, 6.45) is 7.68. The van der Waals surface area contributed by atoms with E-state index in [2.05, 4.69) is 0 Å². The largest absolute Gasteiger partial charge is 0.464 e. The van der Waals surface area contributed by atoms with Gasteiger partial charge in [0.25, 0.3) is 0 Å². The van der Waals surface area contributed by atoms with Crippen molar-refractivity contribution in [2.45, 2.75) is 57.4 Å². The summed E-state index contributed by atoms with van der Waals surface area (Å²) in [5, 5.41) is 9.17. The van der Waals surface area contributed by atoms with Crippen LogP contribution < -0.4 is 0 Å². The van der Waals surface area contributed by atoms with Gasteiger partial charge in [-0.3, -0.25) is 9.59 Å². The molecule has 1 amide bonds. The van der Waals surface area contributed by atoms with Crippen molar-refractivity contribution in [2.24, 2.45) is 5.92 Å². The Bertz CT molecular complexity index is 339. The normalized spacial score (nSPS) is 23.6. The molecule has 2 rings (SSSR count). The highest BCUT2D eigenvalue weighted by Crippen LogP contribution is 2.28. The highest BCUT2D eigenvalue weighted by molar-refractivity contribution is 5.78. The minimum absolute atomic E-state index is 0.0125. The summed E-state index contributed by atoms with van der Waals surface area (Å²) in [7, 11) is 0. The second-order valence-electron chi connectivity index (χ2n) is 5.87. The lowest BCUT2D eigenvalue weighted by Gasteiger charge is -2.22. The maximum Gasteiger partial charge on any atom is 0.305 e. The van der Waals surface area contributed by atoms with Crippen molar-refractivity contribution in [1.82, 2.24) is 4.90 Å². The van der Waals surface area contributed by atoms with Gasteiger partial charge in [-0.2, -0.15) is 0 Å². The van der Waals surface area contributed by atoms with Crippen LogP contribution in [0.2, 0.25) is 0 Å². The quantitative estimate of drug-likeness (QED) is 0.719. The third-order valence-corrected chi connectivity index (χ3v) is 4.49. The molecule has 0 bridgehead atoms. The molecule has 0 spiro atoms. The van der Waals surface area contributed by atoms with E-state index in [1.807, 2.05) is 0 Å². The highest BCUT2D eigenvalue weighted by Gasteiger charge is 2.30.